The van der Waals surface area contributed by atoms with Crippen LogP contribution in [-0.2, 0) is 0 Å². The Morgan fingerprint density at radius 2 is 1.95 bits per heavy atom. The molecule has 0 aliphatic carbocycles. The highest BCUT2D eigenvalue weighted by molar-refractivity contribution is 5.43. The molecule has 3 rings (SSSR count). The molecule has 0 amide bonds. The van der Waals surface area contributed by atoms with Gasteiger partial charge in [0.05, 0.1) is 0 Å². The minimum Gasteiger partial charge on any atom is -0.486 e. The zero-order valence-corrected chi connectivity index (χ0v) is 11.8. The highest BCUT2D eigenvalue weighted by Crippen LogP contribution is 2.32. The summed E-state index contributed by atoms with van der Waals surface area (Å²) in [4.78, 5) is 4.84. The molecule has 0 radical (unpaired) electrons. The third-order valence-electron chi connectivity index (χ3n) is 3.88. The number of rotatable bonds is 2. The van der Waals surface area contributed by atoms with Crippen LogP contribution < -0.4 is 9.47 Å². The molecule has 4 nitrogen and oxygen atoms in total. The largest absolute Gasteiger partial charge is 0.486 e. The van der Waals surface area contributed by atoms with Gasteiger partial charge >= 0.3 is 0 Å². The van der Waals surface area contributed by atoms with Gasteiger partial charge in [-0.3, -0.25) is 4.90 Å². The van der Waals surface area contributed by atoms with Gasteiger partial charge < -0.3 is 14.4 Å². The lowest BCUT2D eigenvalue weighted by molar-refractivity contribution is 0.0440. The number of hydrogen-bond donors (Lipinski definition) is 0. The standard InChI is InChI=1S/C15H22N2O2/c1-12-3-4-14-15(9-12)19-13(11-18-14)10-17-7-5-16(2)6-8-17/h3-4,9,13H,5-8,10-11H2,1-2H3. The Balaban J connectivity index is 1.59. The Morgan fingerprint density at radius 3 is 2.74 bits per heavy atom. The first kappa shape index (κ1) is 12.8. The summed E-state index contributed by atoms with van der Waals surface area (Å²) in [7, 11) is 2.18. The summed E-state index contributed by atoms with van der Waals surface area (Å²) in [5.74, 6) is 1.77. The molecule has 0 bridgehead atoms. The molecule has 1 saturated heterocycles. The van der Waals surface area contributed by atoms with Gasteiger partial charge in [-0.1, -0.05) is 6.07 Å². The van der Waals surface area contributed by atoms with Gasteiger partial charge in [-0.25, -0.2) is 0 Å². The zero-order valence-electron chi connectivity index (χ0n) is 11.8. The van der Waals surface area contributed by atoms with Gasteiger partial charge in [-0.15, -0.1) is 0 Å². The number of benzene rings is 1. The highest BCUT2D eigenvalue weighted by Gasteiger charge is 2.24. The summed E-state index contributed by atoms with van der Waals surface area (Å²) in [5.41, 5.74) is 1.21. The second-order valence-electron chi connectivity index (χ2n) is 5.60. The fourth-order valence-electron chi connectivity index (χ4n) is 2.63. The summed E-state index contributed by atoms with van der Waals surface area (Å²) in [6.07, 6.45) is 0.151. The van der Waals surface area contributed by atoms with Crippen LogP contribution in [0.2, 0.25) is 0 Å². The van der Waals surface area contributed by atoms with E-state index in [0.717, 1.165) is 44.2 Å². The maximum Gasteiger partial charge on any atom is 0.162 e. The molecule has 1 fully saturated rings. The van der Waals surface area contributed by atoms with Crippen LogP contribution in [0.15, 0.2) is 18.2 Å². The molecule has 104 valence electrons. The Kier molecular flexibility index (Phi) is 3.62. The summed E-state index contributed by atoms with van der Waals surface area (Å²) < 4.78 is 11.9. The van der Waals surface area contributed by atoms with Crippen molar-refractivity contribution in [1.29, 1.82) is 0 Å². The van der Waals surface area contributed by atoms with Gasteiger partial charge in [0.25, 0.3) is 0 Å². The van der Waals surface area contributed by atoms with Crippen LogP contribution in [0.4, 0.5) is 0 Å². The molecular weight excluding hydrogens is 240 g/mol. The molecule has 19 heavy (non-hydrogen) atoms. The van der Waals surface area contributed by atoms with Gasteiger partial charge in [-0.2, -0.15) is 0 Å². The lowest BCUT2D eigenvalue weighted by Crippen LogP contribution is -2.49. The first-order chi connectivity index (χ1) is 9.20. The van der Waals surface area contributed by atoms with Crippen LogP contribution in [0.3, 0.4) is 0 Å². The number of piperazine rings is 1. The molecule has 0 spiro atoms. The Labute approximate surface area is 114 Å². The maximum atomic E-state index is 6.06. The lowest BCUT2D eigenvalue weighted by atomic mass is 10.2. The van der Waals surface area contributed by atoms with E-state index >= 15 is 0 Å². The molecule has 0 N–H and O–H groups in total. The second kappa shape index (κ2) is 5.39. The Hall–Kier alpha value is -1.26. The first-order valence-electron chi connectivity index (χ1n) is 7.02. The van der Waals surface area contributed by atoms with E-state index in [1.165, 1.54) is 5.56 Å². The summed E-state index contributed by atoms with van der Waals surface area (Å²) in [6.45, 7) is 8.22. The van der Waals surface area contributed by atoms with E-state index in [2.05, 4.69) is 35.9 Å². The van der Waals surface area contributed by atoms with Crippen molar-refractivity contribution in [2.75, 3.05) is 46.4 Å². The summed E-state index contributed by atoms with van der Waals surface area (Å²) in [5, 5.41) is 0. The quantitative estimate of drug-likeness (QED) is 0.804. The van der Waals surface area contributed by atoms with Crippen molar-refractivity contribution in [3.8, 4) is 11.5 Å². The van der Waals surface area contributed by atoms with E-state index in [0.29, 0.717) is 6.61 Å². The van der Waals surface area contributed by atoms with Crippen molar-refractivity contribution >= 4 is 0 Å². The second-order valence-corrected chi connectivity index (χ2v) is 5.60. The number of ether oxygens (including phenoxy) is 2. The predicted octanol–water partition coefficient (Wildman–Crippen LogP) is 1.38. The molecule has 1 atom stereocenters. The molecule has 0 saturated carbocycles. The average molecular weight is 262 g/mol. The molecule has 2 heterocycles. The predicted molar refractivity (Wildman–Crippen MR) is 75.0 cm³/mol. The first-order valence-corrected chi connectivity index (χ1v) is 7.02. The average Bonchev–Trinajstić information content (AvgIpc) is 2.41. The zero-order chi connectivity index (χ0) is 13.2. The van der Waals surface area contributed by atoms with E-state index in [-0.39, 0.29) is 6.10 Å². The summed E-state index contributed by atoms with van der Waals surface area (Å²) >= 11 is 0. The van der Waals surface area contributed by atoms with Crippen LogP contribution in [-0.4, -0.2) is 62.3 Å². The van der Waals surface area contributed by atoms with Gasteiger partial charge in [-0.05, 0) is 31.7 Å². The van der Waals surface area contributed by atoms with E-state index in [9.17, 15) is 0 Å². The highest BCUT2D eigenvalue weighted by atomic mass is 16.6. The lowest BCUT2D eigenvalue weighted by Gasteiger charge is -2.36. The van der Waals surface area contributed by atoms with Crippen molar-refractivity contribution in [3.63, 3.8) is 0 Å². The van der Waals surface area contributed by atoms with Crippen molar-refractivity contribution in [1.82, 2.24) is 9.80 Å². The van der Waals surface area contributed by atoms with E-state index in [4.69, 9.17) is 9.47 Å². The fourth-order valence-corrected chi connectivity index (χ4v) is 2.63. The van der Waals surface area contributed by atoms with Gasteiger partial charge in [0.15, 0.2) is 11.5 Å². The minimum absolute atomic E-state index is 0.151. The smallest absolute Gasteiger partial charge is 0.162 e. The third-order valence-corrected chi connectivity index (χ3v) is 3.88. The van der Waals surface area contributed by atoms with Gasteiger partial charge in [0.2, 0.25) is 0 Å². The Bertz CT molecular complexity index is 442. The van der Waals surface area contributed by atoms with E-state index in [1.807, 2.05) is 6.07 Å². The fraction of sp³-hybridized carbons (Fsp3) is 0.600. The maximum absolute atomic E-state index is 6.06. The Morgan fingerprint density at radius 1 is 1.16 bits per heavy atom. The van der Waals surface area contributed by atoms with Crippen LogP contribution in [0, 0.1) is 6.92 Å². The summed E-state index contributed by atoms with van der Waals surface area (Å²) in [6, 6.07) is 6.12. The van der Waals surface area contributed by atoms with E-state index in [1.54, 1.807) is 0 Å². The molecule has 2 aliphatic heterocycles. The van der Waals surface area contributed by atoms with Crippen molar-refractivity contribution < 1.29 is 9.47 Å². The van der Waals surface area contributed by atoms with Gasteiger partial charge in [0.1, 0.15) is 12.7 Å². The number of aryl methyl sites for hydroxylation is 1. The number of fused-ring (bicyclic) bond motifs is 1. The number of hydrogen-bond acceptors (Lipinski definition) is 4. The molecular formula is C15H22N2O2. The molecule has 1 aromatic rings. The SMILES string of the molecule is Cc1ccc2c(c1)OC(CN1CCN(C)CC1)CO2. The molecule has 1 unspecified atom stereocenters. The van der Waals surface area contributed by atoms with E-state index < -0.39 is 0 Å². The topological polar surface area (TPSA) is 24.9 Å². The van der Waals surface area contributed by atoms with Crippen molar-refractivity contribution in [3.05, 3.63) is 23.8 Å². The molecule has 0 aromatic heterocycles. The van der Waals surface area contributed by atoms with Crippen LogP contribution in [0.25, 0.3) is 0 Å². The number of likely N-dealkylation sites (N-methyl/N-ethyl adjacent to an activating group) is 1. The van der Waals surface area contributed by atoms with Crippen molar-refractivity contribution in [2.45, 2.75) is 13.0 Å². The van der Waals surface area contributed by atoms with Crippen LogP contribution in [0.1, 0.15) is 5.56 Å². The number of nitrogens with zero attached hydrogens (tertiary/aromatic N) is 2. The normalized spacial score (nSPS) is 24.4. The molecule has 1 aromatic carbocycles. The minimum atomic E-state index is 0.151. The molecule has 4 heteroatoms. The third kappa shape index (κ3) is 3.01. The monoisotopic (exact) mass is 262 g/mol. The van der Waals surface area contributed by atoms with Crippen molar-refractivity contribution in [2.24, 2.45) is 0 Å². The van der Waals surface area contributed by atoms with Gasteiger partial charge in [0, 0.05) is 32.7 Å². The molecule has 2 aliphatic rings. The van der Waals surface area contributed by atoms with Crippen LogP contribution in [0.5, 0.6) is 11.5 Å². The van der Waals surface area contributed by atoms with Crippen LogP contribution >= 0.6 is 0 Å².